The molecule has 0 unspecified atom stereocenters. The van der Waals surface area contributed by atoms with E-state index in [9.17, 15) is 8.42 Å². The second kappa shape index (κ2) is 7.42. The second-order valence-corrected chi connectivity index (χ2v) is 6.84. The third-order valence-corrected chi connectivity index (χ3v) is 4.53. The fourth-order valence-electron chi connectivity index (χ4n) is 1.51. The van der Waals surface area contributed by atoms with Crippen LogP contribution < -0.4 is 10.5 Å². The van der Waals surface area contributed by atoms with E-state index in [0.29, 0.717) is 5.69 Å². The van der Waals surface area contributed by atoms with Crippen molar-refractivity contribution in [2.24, 2.45) is 0 Å². The number of nitrogens with one attached hydrogen (secondary N) is 1. The van der Waals surface area contributed by atoms with Gasteiger partial charge in [0.25, 0.3) is 0 Å². The summed E-state index contributed by atoms with van der Waals surface area (Å²) in [5, 5.41) is 3.92. The average molecular weight is 312 g/mol. The Bertz CT molecular complexity index is 635. The predicted octanol–water partition coefficient (Wildman–Crippen LogP) is 3.32. The lowest BCUT2D eigenvalue weighted by atomic mass is 10.1. The van der Waals surface area contributed by atoms with Gasteiger partial charge in [-0.3, -0.25) is 0 Å². The van der Waals surface area contributed by atoms with Crippen molar-refractivity contribution in [1.29, 1.82) is 0 Å². The molecule has 4 nitrogen and oxygen atoms in total. The molecule has 0 aliphatic heterocycles. The van der Waals surface area contributed by atoms with E-state index < -0.39 is 10.0 Å². The first-order valence-electron chi connectivity index (χ1n) is 6.31. The molecule has 1 heterocycles. The number of nitrogen functional groups attached to an aromatic ring is 1. The fraction of sp³-hybridized carbons (Fsp3) is 0.286. The van der Waals surface area contributed by atoms with Gasteiger partial charge < -0.3 is 5.73 Å². The Morgan fingerprint density at radius 3 is 2.35 bits per heavy atom. The van der Waals surface area contributed by atoms with E-state index in [4.69, 9.17) is 5.73 Å². The topological polar surface area (TPSA) is 72.2 Å². The first-order chi connectivity index (χ1) is 9.46. The highest BCUT2D eigenvalue weighted by Crippen LogP contribution is 2.29. The molecule has 1 aromatic carbocycles. The number of rotatable bonds is 3. The molecule has 2 aromatic rings. The molecule has 0 saturated carbocycles. The van der Waals surface area contributed by atoms with Crippen LogP contribution in [0.15, 0.2) is 39.9 Å². The van der Waals surface area contributed by atoms with Gasteiger partial charge in [-0.05, 0) is 41.6 Å². The Hall–Kier alpha value is -1.37. The van der Waals surface area contributed by atoms with E-state index in [-0.39, 0.29) is 4.90 Å². The van der Waals surface area contributed by atoms with E-state index >= 15 is 0 Å². The maximum Gasteiger partial charge on any atom is 0.240 e. The molecule has 3 N–H and O–H groups in total. The van der Waals surface area contributed by atoms with Crippen molar-refractivity contribution in [3.05, 3.63) is 35.0 Å². The van der Waals surface area contributed by atoms with Crippen LogP contribution in [0, 0.1) is 0 Å². The molecule has 0 atom stereocenters. The summed E-state index contributed by atoms with van der Waals surface area (Å²) in [6.07, 6.45) is 1.25. The molecule has 0 fully saturated rings. The van der Waals surface area contributed by atoms with Crippen molar-refractivity contribution in [1.82, 2.24) is 4.72 Å². The number of hydrogen-bond acceptors (Lipinski definition) is 4. The summed E-state index contributed by atoms with van der Waals surface area (Å²) in [7, 11) is -2.06. The molecular formula is C14H20N2O2S2. The molecule has 0 amide bonds. The van der Waals surface area contributed by atoms with Crippen LogP contribution in [0.4, 0.5) is 5.69 Å². The Labute approximate surface area is 124 Å². The SMILES string of the molecule is CCC.CNS(=O)(=O)c1ccc(-c2ccsc2)c(N)c1. The minimum absolute atomic E-state index is 0.177. The van der Waals surface area contributed by atoms with Crippen LogP contribution >= 0.6 is 11.3 Å². The summed E-state index contributed by atoms with van der Waals surface area (Å²) < 4.78 is 25.4. The van der Waals surface area contributed by atoms with Crippen molar-refractivity contribution < 1.29 is 8.42 Å². The van der Waals surface area contributed by atoms with Gasteiger partial charge in [0.1, 0.15) is 0 Å². The number of anilines is 1. The van der Waals surface area contributed by atoms with Gasteiger partial charge in [-0.1, -0.05) is 26.3 Å². The highest BCUT2D eigenvalue weighted by molar-refractivity contribution is 7.89. The van der Waals surface area contributed by atoms with Crippen LogP contribution in [0.2, 0.25) is 0 Å². The van der Waals surface area contributed by atoms with Gasteiger partial charge in [0.15, 0.2) is 0 Å². The van der Waals surface area contributed by atoms with Gasteiger partial charge in [-0.15, -0.1) is 0 Å². The van der Waals surface area contributed by atoms with E-state index in [1.54, 1.807) is 23.5 Å². The van der Waals surface area contributed by atoms with E-state index in [1.165, 1.54) is 19.5 Å². The monoisotopic (exact) mass is 312 g/mol. The number of thiophene rings is 1. The van der Waals surface area contributed by atoms with Gasteiger partial charge in [0.2, 0.25) is 10.0 Å². The molecule has 110 valence electrons. The van der Waals surface area contributed by atoms with Gasteiger partial charge in [0, 0.05) is 11.3 Å². The number of sulfonamides is 1. The van der Waals surface area contributed by atoms with Gasteiger partial charge in [-0.2, -0.15) is 11.3 Å². The Kier molecular flexibility index (Phi) is 6.19. The zero-order valence-corrected chi connectivity index (χ0v) is 13.5. The number of nitrogens with two attached hydrogens (primary N) is 1. The third kappa shape index (κ3) is 4.06. The highest BCUT2D eigenvalue weighted by atomic mass is 32.2. The average Bonchev–Trinajstić information content (AvgIpc) is 2.93. The molecule has 0 aliphatic carbocycles. The van der Waals surface area contributed by atoms with Crippen LogP contribution in [0.5, 0.6) is 0 Å². The Balaban J connectivity index is 0.000000612. The summed E-state index contributed by atoms with van der Waals surface area (Å²) in [5.41, 5.74) is 8.18. The van der Waals surface area contributed by atoms with Crippen molar-refractivity contribution in [2.45, 2.75) is 25.2 Å². The van der Waals surface area contributed by atoms with Crippen LogP contribution in [0.25, 0.3) is 11.1 Å². The molecule has 0 radical (unpaired) electrons. The van der Waals surface area contributed by atoms with Crippen LogP contribution in [0.3, 0.4) is 0 Å². The minimum Gasteiger partial charge on any atom is -0.398 e. The Morgan fingerprint density at radius 2 is 1.90 bits per heavy atom. The van der Waals surface area contributed by atoms with Crippen LogP contribution in [-0.4, -0.2) is 15.5 Å². The molecular weight excluding hydrogens is 292 g/mol. The standard InChI is InChI=1S/C11H12N2O2S2.C3H8/c1-13-17(14,15)9-2-3-10(11(12)6-9)8-4-5-16-7-8;1-3-2/h2-7,13H,12H2,1H3;3H2,1-2H3. The molecule has 0 aliphatic rings. The minimum atomic E-state index is -3.43. The first kappa shape index (κ1) is 16.7. The lowest BCUT2D eigenvalue weighted by Crippen LogP contribution is -2.18. The third-order valence-electron chi connectivity index (χ3n) is 2.43. The number of hydrogen-bond donors (Lipinski definition) is 2. The molecule has 6 heteroatoms. The zero-order valence-electron chi connectivity index (χ0n) is 11.9. The number of benzene rings is 1. The quantitative estimate of drug-likeness (QED) is 0.854. The fourth-order valence-corrected chi connectivity index (χ4v) is 2.93. The molecule has 0 bridgehead atoms. The predicted molar refractivity (Wildman–Crippen MR) is 86.4 cm³/mol. The lowest BCUT2D eigenvalue weighted by molar-refractivity contribution is 0.588. The van der Waals surface area contributed by atoms with E-state index in [0.717, 1.165) is 11.1 Å². The molecule has 2 rings (SSSR count). The summed E-state index contributed by atoms with van der Waals surface area (Å²) in [6, 6.07) is 6.69. The van der Waals surface area contributed by atoms with Crippen molar-refractivity contribution >= 4 is 27.0 Å². The summed E-state index contributed by atoms with van der Waals surface area (Å²) in [5.74, 6) is 0. The zero-order chi connectivity index (χ0) is 15.2. The summed E-state index contributed by atoms with van der Waals surface area (Å²) in [6.45, 7) is 4.25. The van der Waals surface area contributed by atoms with Crippen molar-refractivity contribution in [3.8, 4) is 11.1 Å². The molecule has 1 aromatic heterocycles. The Morgan fingerprint density at radius 1 is 1.25 bits per heavy atom. The van der Waals surface area contributed by atoms with Gasteiger partial charge in [-0.25, -0.2) is 13.1 Å². The first-order valence-corrected chi connectivity index (χ1v) is 8.74. The smallest absolute Gasteiger partial charge is 0.240 e. The normalized spacial score (nSPS) is 10.8. The molecule has 20 heavy (non-hydrogen) atoms. The van der Waals surface area contributed by atoms with Crippen molar-refractivity contribution in [3.63, 3.8) is 0 Å². The largest absolute Gasteiger partial charge is 0.398 e. The summed E-state index contributed by atoms with van der Waals surface area (Å²) >= 11 is 1.57. The maximum absolute atomic E-state index is 11.6. The highest BCUT2D eigenvalue weighted by Gasteiger charge is 2.13. The van der Waals surface area contributed by atoms with Gasteiger partial charge in [0.05, 0.1) is 4.90 Å². The maximum atomic E-state index is 11.6. The van der Waals surface area contributed by atoms with Gasteiger partial charge >= 0.3 is 0 Å². The van der Waals surface area contributed by atoms with Crippen LogP contribution in [0.1, 0.15) is 20.3 Å². The lowest BCUT2D eigenvalue weighted by Gasteiger charge is -2.07. The van der Waals surface area contributed by atoms with E-state index in [1.807, 2.05) is 16.8 Å². The summed E-state index contributed by atoms with van der Waals surface area (Å²) in [4.78, 5) is 0.177. The van der Waals surface area contributed by atoms with E-state index in [2.05, 4.69) is 18.6 Å². The van der Waals surface area contributed by atoms with Crippen molar-refractivity contribution in [2.75, 3.05) is 12.8 Å². The van der Waals surface area contributed by atoms with Crippen LogP contribution in [-0.2, 0) is 10.0 Å². The molecule has 0 spiro atoms. The second-order valence-electron chi connectivity index (χ2n) is 4.18. The molecule has 0 saturated heterocycles.